The number of hydrogen-bond donors (Lipinski definition) is 0. The molecule has 6 nitrogen and oxygen atoms in total. The highest BCUT2D eigenvalue weighted by Gasteiger charge is 2.35. The summed E-state index contributed by atoms with van der Waals surface area (Å²) >= 11 is 0. The molecule has 2 rings (SSSR count). The van der Waals surface area contributed by atoms with Gasteiger partial charge in [0.25, 0.3) is 0 Å². The van der Waals surface area contributed by atoms with Gasteiger partial charge in [-0.2, -0.15) is 0 Å². The summed E-state index contributed by atoms with van der Waals surface area (Å²) in [5.74, 6) is 1.32. The maximum absolute atomic E-state index is 12.9. The van der Waals surface area contributed by atoms with Crippen LogP contribution in [0.3, 0.4) is 0 Å². The molecular formula is C19H28N2O4. The number of rotatable bonds is 7. The maximum Gasteiger partial charge on any atom is 0.245 e. The molecule has 1 atom stereocenters. The Bertz CT molecular complexity index is 617. The molecule has 0 N–H and O–H groups in total. The monoisotopic (exact) mass is 348 g/mol. The summed E-state index contributed by atoms with van der Waals surface area (Å²) < 4.78 is 10.6. The summed E-state index contributed by atoms with van der Waals surface area (Å²) in [5.41, 5.74) is 0.771. The van der Waals surface area contributed by atoms with E-state index in [2.05, 4.69) is 6.92 Å². The smallest absolute Gasteiger partial charge is 0.245 e. The number of likely N-dealkylation sites (N-methyl/N-ethyl adjacent to an activating group) is 1. The quantitative estimate of drug-likeness (QED) is 0.757. The lowest BCUT2D eigenvalue weighted by atomic mass is 10.0. The average molecular weight is 348 g/mol. The number of methoxy groups -OCH3 is 2. The molecule has 1 aromatic rings. The van der Waals surface area contributed by atoms with Gasteiger partial charge in [-0.1, -0.05) is 19.8 Å². The van der Waals surface area contributed by atoms with Crippen LogP contribution in [0.15, 0.2) is 18.2 Å². The van der Waals surface area contributed by atoms with Crippen molar-refractivity contribution >= 4 is 11.8 Å². The lowest BCUT2D eigenvalue weighted by molar-refractivity contribution is -0.150. The van der Waals surface area contributed by atoms with Crippen molar-refractivity contribution in [2.45, 2.75) is 38.6 Å². The van der Waals surface area contributed by atoms with Crippen LogP contribution in [0.2, 0.25) is 0 Å². The van der Waals surface area contributed by atoms with Crippen molar-refractivity contribution < 1.29 is 19.1 Å². The van der Waals surface area contributed by atoms with E-state index < -0.39 is 0 Å². The molecule has 0 spiro atoms. The number of unbranched alkanes of at least 4 members (excludes halogenated alkanes) is 1. The van der Waals surface area contributed by atoms with Gasteiger partial charge in [0.1, 0.15) is 17.5 Å². The SMILES string of the molecule is CCCC[C@H]1C(=O)N(C)CCN1C(=O)Cc1cc(OC)ccc1OC. The Balaban J connectivity index is 2.19. The zero-order chi connectivity index (χ0) is 18.4. The third-order valence-electron chi connectivity index (χ3n) is 4.69. The molecule has 0 saturated carbocycles. The Morgan fingerprint density at radius 1 is 1.24 bits per heavy atom. The van der Waals surface area contributed by atoms with Crippen LogP contribution in [0.25, 0.3) is 0 Å². The molecule has 1 fully saturated rings. The summed E-state index contributed by atoms with van der Waals surface area (Å²) in [6.45, 7) is 3.23. The molecule has 0 aromatic heterocycles. The maximum atomic E-state index is 12.9. The number of nitrogens with zero attached hydrogens (tertiary/aromatic N) is 2. The van der Waals surface area contributed by atoms with Gasteiger partial charge in [0.05, 0.1) is 20.6 Å². The number of carbonyl (C=O) groups excluding carboxylic acids is 2. The lowest BCUT2D eigenvalue weighted by Crippen LogP contribution is -2.57. The van der Waals surface area contributed by atoms with Gasteiger partial charge in [-0.25, -0.2) is 0 Å². The molecular weight excluding hydrogens is 320 g/mol. The standard InChI is InChI=1S/C19H28N2O4/c1-5-6-7-16-19(23)20(2)10-11-21(16)18(22)13-14-12-15(24-3)8-9-17(14)25-4/h8-9,12,16H,5-7,10-11,13H2,1-4H3/t16-/m0/s1. The minimum Gasteiger partial charge on any atom is -0.497 e. The van der Waals surface area contributed by atoms with E-state index in [1.807, 2.05) is 6.07 Å². The molecule has 1 heterocycles. The van der Waals surface area contributed by atoms with E-state index in [-0.39, 0.29) is 24.3 Å². The first-order chi connectivity index (χ1) is 12.0. The Morgan fingerprint density at radius 2 is 2.00 bits per heavy atom. The highest BCUT2D eigenvalue weighted by Crippen LogP contribution is 2.26. The largest absolute Gasteiger partial charge is 0.497 e. The topological polar surface area (TPSA) is 59.1 Å². The van der Waals surface area contributed by atoms with Gasteiger partial charge in [-0.05, 0) is 24.6 Å². The van der Waals surface area contributed by atoms with Crippen LogP contribution in [0, 0.1) is 0 Å². The van der Waals surface area contributed by atoms with Crippen LogP contribution in [0.4, 0.5) is 0 Å². The normalized spacial score (nSPS) is 17.6. The average Bonchev–Trinajstić information content (AvgIpc) is 2.62. The second-order valence-corrected chi connectivity index (χ2v) is 6.36. The molecule has 25 heavy (non-hydrogen) atoms. The molecule has 0 radical (unpaired) electrons. The second kappa shape index (κ2) is 8.74. The number of hydrogen-bond acceptors (Lipinski definition) is 4. The van der Waals surface area contributed by atoms with Crippen molar-refractivity contribution in [1.82, 2.24) is 9.80 Å². The van der Waals surface area contributed by atoms with Crippen molar-refractivity contribution in [3.63, 3.8) is 0 Å². The van der Waals surface area contributed by atoms with E-state index >= 15 is 0 Å². The molecule has 1 aromatic carbocycles. The van der Waals surface area contributed by atoms with E-state index in [4.69, 9.17) is 9.47 Å². The number of amides is 2. The molecule has 1 saturated heterocycles. The first-order valence-corrected chi connectivity index (χ1v) is 8.77. The van der Waals surface area contributed by atoms with Gasteiger partial charge in [-0.15, -0.1) is 0 Å². The fourth-order valence-corrected chi connectivity index (χ4v) is 3.17. The molecule has 0 aliphatic carbocycles. The Labute approximate surface area is 149 Å². The summed E-state index contributed by atoms with van der Waals surface area (Å²) in [6, 6.07) is 5.06. The summed E-state index contributed by atoms with van der Waals surface area (Å²) in [7, 11) is 4.97. The summed E-state index contributed by atoms with van der Waals surface area (Å²) in [4.78, 5) is 28.9. The van der Waals surface area contributed by atoms with Crippen LogP contribution >= 0.6 is 0 Å². The minimum atomic E-state index is -0.359. The third kappa shape index (κ3) is 4.44. The number of carbonyl (C=O) groups is 2. The Hall–Kier alpha value is -2.24. The Kier molecular flexibility index (Phi) is 6.67. The fraction of sp³-hybridized carbons (Fsp3) is 0.579. The second-order valence-electron chi connectivity index (χ2n) is 6.36. The van der Waals surface area contributed by atoms with Gasteiger partial charge in [0.15, 0.2) is 0 Å². The highest BCUT2D eigenvalue weighted by atomic mass is 16.5. The zero-order valence-corrected chi connectivity index (χ0v) is 15.6. The highest BCUT2D eigenvalue weighted by molar-refractivity contribution is 5.89. The van der Waals surface area contributed by atoms with Crippen LogP contribution < -0.4 is 9.47 Å². The number of ether oxygens (including phenoxy) is 2. The third-order valence-corrected chi connectivity index (χ3v) is 4.69. The molecule has 138 valence electrons. The molecule has 6 heteroatoms. The fourth-order valence-electron chi connectivity index (χ4n) is 3.17. The van der Waals surface area contributed by atoms with Crippen LogP contribution in [0.5, 0.6) is 11.5 Å². The van der Waals surface area contributed by atoms with Crippen LogP contribution in [0.1, 0.15) is 31.7 Å². The number of piperazine rings is 1. The van der Waals surface area contributed by atoms with Crippen molar-refractivity contribution in [3.05, 3.63) is 23.8 Å². The molecule has 1 aliphatic rings. The van der Waals surface area contributed by atoms with E-state index in [0.717, 1.165) is 18.4 Å². The van der Waals surface area contributed by atoms with Crippen molar-refractivity contribution in [3.8, 4) is 11.5 Å². The van der Waals surface area contributed by atoms with E-state index in [9.17, 15) is 9.59 Å². The Morgan fingerprint density at radius 3 is 2.64 bits per heavy atom. The summed E-state index contributed by atoms with van der Waals surface area (Å²) in [5, 5.41) is 0. The molecule has 0 unspecified atom stereocenters. The van der Waals surface area contributed by atoms with Gasteiger partial charge in [0, 0.05) is 25.7 Å². The first-order valence-electron chi connectivity index (χ1n) is 8.77. The predicted molar refractivity (Wildman–Crippen MR) is 95.9 cm³/mol. The molecule has 1 aliphatic heterocycles. The van der Waals surface area contributed by atoms with Crippen LogP contribution in [-0.4, -0.2) is 62.0 Å². The first kappa shape index (κ1) is 19.1. The van der Waals surface area contributed by atoms with Crippen molar-refractivity contribution in [1.29, 1.82) is 0 Å². The van der Waals surface area contributed by atoms with E-state index in [1.54, 1.807) is 43.2 Å². The lowest BCUT2D eigenvalue weighted by Gasteiger charge is -2.39. The van der Waals surface area contributed by atoms with Gasteiger partial charge in [0.2, 0.25) is 11.8 Å². The van der Waals surface area contributed by atoms with Gasteiger partial charge >= 0.3 is 0 Å². The van der Waals surface area contributed by atoms with Crippen molar-refractivity contribution in [2.24, 2.45) is 0 Å². The number of benzene rings is 1. The minimum absolute atomic E-state index is 0.0330. The van der Waals surface area contributed by atoms with Crippen LogP contribution in [-0.2, 0) is 16.0 Å². The van der Waals surface area contributed by atoms with Crippen molar-refractivity contribution in [2.75, 3.05) is 34.4 Å². The van der Waals surface area contributed by atoms with Gasteiger partial charge < -0.3 is 19.3 Å². The summed E-state index contributed by atoms with van der Waals surface area (Å²) in [6.07, 6.45) is 2.83. The molecule has 0 bridgehead atoms. The predicted octanol–water partition coefficient (Wildman–Crippen LogP) is 2.11. The molecule has 2 amide bonds. The van der Waals surface area contributed by atoms with E-state index in [0.29, 0.717) is 31.0 Å². The van der Waals surface area contributed by atoms with E-state index in [1.165, 1.54) is 0 Å². The van der Waals surface area contributed by atoms with Gasteiger partial charge in [-0.3, -0.25) is 9.59 Å². The zero-order valence-electron chi connectivity index (χ0n) is 15.6.